The average molecular weight is 236 g/mol. The fourth-order valence-electron chi connectivity index (χ4n) is 2.13. The van der Waals surface area contributed by atoms with E-state index in [4.69, 9.17) is 5.73 Å². The molecule has 3 heteroatoms. The maximum atomic E-state index is 11.7. The first-order chi connectivity index (χ1) is 8.74. The number of aromatic amines is 1. The van der Waals surface area contributed by atoms with Gasteiger partial charge in [-0.25, -0.2) is 0 Å². The van der Waals surface area contributed by atoms with Crippen LogP contribution in [0.3, 0.4) is 0 Å². The lowest BCUT2D eigenvalue weighted by Crippen LogP contribution is -2.05. The molecule has 3 nitrogen and oxygen atoms in total. The third-order valence-corrected chi connectivity index (χ3v) is 2.95. The smallest absolute Gasteiger partial charge is 0.249 e. The van der Waals surface area contributed by atoms with E-state index >= 15 is 0 Å². The second-order valence-electron chi connectivity index (χ2n) is 4.22. The first kappa shape index (κ1) is 10.6. The molecule has 0 unspecified atom stereocenters. The molecule has 3 N–H and O–H groups in total. The molecule has 2 aromatic carbocycles. The van der Waals surface area contributed by atoms with E-state index in [1.165, 1.54) is 0 Å². The Morgan fingerprint density at radius 3 is 2.50 bits per heavy atom. The van der Waals surface area contributed by atoms with E-state index < -0.39 is 0 Å². The molecule has 1 aromatic heterocycles. The zero-order valence-electron chi connectivity index (χ0n) is 9.68. The molecule has 0 saturated heterocycles. The van der Waals surface area contributed by atoms with Gasteiger partial charge in [-0.05, 0) is 23.3 Å². The second kappa shape index (κ2) is 4.04. The Morgan fingerprint density at radius 2 is 1.72 bits per heavy atom. The van der Waals surface area contributed by atoms with Crippen LogP contribution < -0.4 is 11.3 Å². The van der Waals surface area contributed by atoms with E-state index in [0.29, 0.717) is 5.69 Å². The van der Waals surface area contributed by atoms with Gasteiger partial charge in [0.05, 0.1) is 5.52 Å². The molecule has 1 heterocycles. The van der Waals surface area contributed by atoms with Crippen LogP contribution in [-0.4, -0.2) is 4.98 Å². The molecule has 0 bridgehead atoms. The minimum absolute atomic E-state index is 0.119. The molecule has 0 saturated carbocycles. The van der Waals surface area contributed by atoms with Crippen molar-refractivity contribution in [1.82, 2.24) is 4.98 Å². The molecule has 0 fully saturated rings. The Labute approximate surface area is 104 Å². The monoisotopic (exact) mass is 236 g/mol. The van der Waals surface area contributed by atoms with Gasteiger partial charge in [-0.2, -0.15) is 0 Å². The third kappa shape index (κ3) is 1.76. The normalized spacial score (nSPS) is 10.7. The average Bonchev–Trinajstić information content (AvgIpc) is 2.38. The maximum Gasteiger partial charge on any atom is 0.249 e. The summed E-state index contributed by atoms with van der Waals surface area (Å²) in [4.78, 5) is 14.5. The van der Waals surface area contributed by atoms with Crippen LogP contribution >= 0.6 is 0 Å². The van der Waals surface area contributed by atoms with Crippen molar-refractivity contribution < 1.29 is 0 Å². The largest absolute Gasteiger partial charge is 0.399 e. The van der Waals surface area contributed by atoms with E-state index in [1.807, 2.05) is 42.5 Å². The number of rotatable bonds is 1. The SMILES string of the molecule is Nc1ccc2c(-c3ccccc3)cc(=O)[nH]c2c1. The molecule has 3 rings (SSSR count). The zero-order valence-corrected chi connectivity index (χ0v) is 9.68. The van der Waals surface area contributed by atoms with Crippen molar-refractivity contribution in [2.75, 3.05) is 5.73 Å². The summed E-state index contributed by atoms with van der Waals surface area (Å²) in [5.41, 5.74) is 8.98. The van der Waals surface area contributed by atoms with Crippen LogP contribution in [0.1, 0.15) is 0 Å². The number of anilines is 1. The standard InChI is InChI=1S/C15H12N2O/c16-11-6-7-12-13(10-4-2-1-3-5-10)9-15(18)17-14(12)8-11/h1-9H,16H2,(H,17,18). The van der Waals surface area contributed by atoms with Crippen LogP contribution in [0.2, 0.25) is 0 Å². The van der Waals surface area contributed by atoms with E-state index in [0.717, 1.165) is 22.0 Å². The molecule has 0 aliphatic carbocycles. The van der Waals surface area contributed by atoms with E-state index in [2.05, 4.69) is 4.98 Å². The highest BCUT2D eigenvalue weighted by atomic mass is 16.1. The molecule has 0 amide bonds. The molecular formula is C15H12N2O. The molecular weight excluding hydrogens is 224 g/mol. The van der Waals surface area contributed by atoms with Crippen molar-refractivity contribution in [3.05, 3.63) is 65.0 Å². The van der Waals surface area contributed by atoms with Gasteiger partial charge in [-0.1, -0.05) is 36.4 Å². The number of hydrogen-bond acceptors (Lipinski definition) is 2. The first-order valence-corrected chi connectivity index (χ1v) is 5.72. The molecule has 0 spiro atoms. The van der Waals surface area contributed by atoms with Crippen LogP contribution in [0.25, 0.3) is 22.0 Å². The first-order valence-electron chi connectivity index (χ1n) is 5.72. The van der Waals surface area contributed by atoms with E-state index in [1.54, 1.807) is 12.1 Å². The summed E-state index contributed by atoms with van der Waals surface area (Å²) in [5, 5.41) is 0.995. The number of aromatic nitrogens is 1. The number of H-pyrrole nitrogens is 1. The van der Waals surface area contributed by atoms with E-state index in [9.17, 15) is 4.79 Å². The lowest BCUT2D eigenvalue weighted by Gasteiger charge is -2.07. The Kier molecular flexibility index (Phi) is 2.38. The number of benzene rings is 2. The summed E-state index contributed by atoms with van der Waals surface area (Å²) in [6.07, 6.45) is 0. The maximum absolute atomic E-state index is 11.7. The minimum atomic E-state index is -0.119. The van der Waals surface area contributed by atoms with Gasteiger partial charge in [0.25, 0.3) is 0 Å². The van der Waals surface area contributed by atoms with Crippen molar-refractivity contribution in [1.29, 1.82) is 0 Å². The van der Waals surface area contributed by atoms with Crippen LogP contribution in [0.5, 0.6) is 0 Å². The topological polar surface area (TPSA) is 58.9 Å². The van der Waals surface area contributed by atoms with Gasteiger partial charge in [0.2, 0.25) is 5.56 Å². The molecule has 0 aliphatic rings. The summed E-state index contributed by atoms with van der Waals surface area (Å²) in [7, 11) is 0. The van der Waals surface area contributed by atoms with Gasteiger partial charge in [0.1, 0.15) is 0 Å². The van der Waals surface area contributed by atoms with Crippen LogP contribution in [-0.2, 0) is 0 Å². The Morgan fingerprint density at radius 1 is 0.944 bits per heavy atom. The van der Waals surface area contributed by atoms with Crippen molar-refractivity contribution in [2.45, 2.75) is 0 Å². The summed E-state index contributed by atoms with van der Waals surface area (Å²) >= 11 is 0. The molecule has 0 radical (unpaired) electrons. The van der Waals surface area contributed by atoms with Gasteiger partial charge in [0, 0.05) is 17.1 Å². The summed E-state index contributed by atoms with van der Waals surface area (Å²) < 4.78 is 0. The lowest BCUT2D eigenvalue weighted by molar-refractivity contribution is 1.31. The van der Waals surface area contributed by atoms with Gasteiger partial charge in [-0.3, -0.25) is 4.79 Å². The highest BCUT2D eigenvalue weighted by molar-refractivity contribution is 5.95. The fraction of sp³-hybridized carbons (Fsp3) is 0. The van der Waals surface area contributed by atoms with Crippen molar-refractivity contribution in [3.8, 4) is 11.1 Å². The van der Waals surface area contributed by atoms with Crippen molar-refractivity contribution in [2.24, 2.45) is 0 Å². The zero-order chi connectivity index (χ0) is 12.5. The van der Waals surface area contributed by atoms with Crippen LogP contribution in [0.4, 0.5) is 5.69 Å². The van der Waals surface area contributed by atoms with Crippen molar-refractivity contribution in [3.63, 3.8) is 0 Å². The lowest BCUT2D eigenvalue weighted by atomic mass is 10.0. The Hall–Kier alpha value is -2.55. The molecule has 88 valence electrons. The van der Waals surface area contributed by atoms with Crippen LogP contribution in [0, 0.1) is 0 Å². The van der Waals surface area contributed by atoms with Gasteiger partial charge < -0.3 is 10.7 Å². The van der Waals surface area contributed by atoms with Crippen LogP contribution in [0.15, 0.2) is 59.4 Å². The minimum Gasteiger partial charge on any atom is -0.399 e. The number of nitrogens with two attached hydrogens (primary N) is 1. The van der Waals surface area contributed by atoms with Crippen molar-refractivity contribution >= 4 is 16.6 Å². The summed E-state index contributed by atoms with van der Waals surface area (Å²) in [5.74, 6) is 0. The summed E-state index contributed by atoms with van der Waals surface area (Å²) in [6, 6.07) is 17.0. The quantitative estimate of drug-likeness (QED) is 0.638. The molecule has 0 atom stereocenters. The number of nitrogen functional groups attached to an aromatic ring is 1. The van der Waals surface area contributed by atoms with E-state index in [-0.39, 0.29) is 5.56 Å². The Balaban J connectivity index is 2.39. The molecule has 18 heavy (non-hydrogen) atoms. The molecule has 0 aliphatic heterocycles. The number of pyridine rings is 1. The Bertz CT molecular complexity index is 760. The van der Waals surface area contributed by atoms with Gasteiger partial charge in [0.15, 0.2) is 0 Å². The number of nitrogens with one attached hydrogen (secondary N) is 1. The predicted molar refractivity (Wildman–Crippen MR) is 74.4 cm³/mol. The van der Waals surface area contributed by atoms with Gasteiger partial charge >= 0.3 is 0 Å². The summed E-state index contributed by atoms with van der Waals surface area (Å²) in [6.45, 7) is 0. The third-order valence-electron chi connectivity index (χ3n) is 2.95. The fourth-order valence-corrected chi connectivity index (χ4v) is 2.13. The number of fused-ring (bicyclic) bond motifs is 1. The second-order valence-corrected chi connectivity index (χ2v) is 4.22. The van der Waals surface area contributed by atoms with Gasteiger partial charge in [-0.15, -0.1) is 0 Å². The highest BCUT2D eigenvalue weighted by Crippen LogP contribution is 2.26. The highest BCUT2D eigenvalue weighted by Gasteiger charge is 2.05. The molecule has 3 aromatic rings. The predicted octanol–water partition coefficient (Wildman–Crippen LogP) is 2.78. The number of hydrogen-bond donors (Lipinski definition) is 2.